The number of rotatable bonds is 7. The van der Waals surface area contributed by atoms with Gasteiger partial charge in [-0.3, -0.25) is 10.3 Å². The van der Waals surface area contributed by atoms with E-state index in [0.29, 0.717) is 19.1 Å². The summed E-state index contributed by atoms with van der Waals surface area (Å²) in [5, 5.41) is 6.48. The van der Waals surface area contributed by atoms with Crippen LogP contribution in [0.1, 0.15) is 5.69 Å². The Kier molecular flexibility index (Phi) is 5.16. The van der Waals surface area contributed by atoms with Crippen molar-refractivity contribution in [2.75, 3.05) is 12.0 Å². The Morgan fingerprint density at radius 1 is 0.870 bits per heavy atom. The van der Waals surface area contributed by atoms with Crippen LogP contribution in [-0.2, 0) is 6.54 Å². The van der Waals surface area contributed by atoms with E-state index in [4.69, 9.17) is 4.74 Å². The van der Waals surface area contributed by atoms with E-state index in [1.807, 2.05) is 66.7 Å². The van der Waals surface area contributed by atoms with Gasteiger partial charge in [-0.25, -0.2) is 0 Å². The summed E-state index contributed by atoms with van der Waals surface area (Å²) in [6.07, 6.45) is 1.79. The predicted molar refractivity (Wildman–Crippen MR) is 90.3 cm³/mol. The fourth-order valence-electron chi connectivity index (χ4n) is 2.03. The normalized spacial score (nSPS) is 10.3. The third-order valence-corrected chi connectivity index (χ3v) is 3.12. The third-order valence-electron chi connectivity index (χ3n) is 3.12. The molecule has 0 spiro atoms. The Morgan fingerprint density at radius 3 is 2.57 bits per heavy atom. The molecule has 0 atom stereocenters. The zero-order valence-corrected chi connectivity index (χ0v) is 12.6. The molecule has 2 heterocycles. The van der Waals surface area contributed by atoms with Crippen molar-refractivity contribution in [1.82, 2.24) is 15.3 Å². The molecule has 0 unspecified atom stereocenters. The Labute approximate surface area is 135 Å². The average molecular weight is 306 g/mol. The van der Waals surface area contributed by atoms with E-state index in [9.17, 15) is 0 Å². The topological polar surface area (TPSA) is 59.1 Å². The molecule has 3 rings (SSSR count). The van der Waals surface area contributed by atoms with Crippen molar-refractivity contribution < 1.29 is 4.74 Å². The highest BCUT2D eigenvalue weighted by Crippen LogP contribution is 2.19. The van der Waals surface area contributed by atoms with Crippen molar-refractivity contribution in [3.63, 3.8) is 0 Å². The van der Waals surface area contributed by atoms with Crippen molar-refractivity contribution in [3.05, 3.63) is 78.6 Å². The largest absolute Gasteiger partial charge is 0.439 e. The zero-order valence-electron chi connectivity index (χ0n) is 12.6. The number of ether oxygens (including phenoxy) is 1. The van der Waals surface area contributed by atoms with Gasteiger partial charge in [-0.15, -0.1) is 0 Å². The molecule has 116 valence electrons. The average Bonchev–Trinajstić information content (AvgIpc) is 2.61. The van der Waals surface area contributed by atoms with E-state index in [0.717, 1.165) is 17.3 Å². The first kappa shape index (κ1) is 15.0. The van der Waals surface area contributed by atoms with Gasteiger partial charge in [0, 0.05) is 18.8 Å². The van der Waals surface area contributed by atoms with Crippen molar-refractivity contribution in [2.45, 2.75) is 6.54 Å². The summed E-state index contributed by atoms with van der Waals surface area (Å²) in [5.74, 6) is 2.09. The molecule has 3 aromatic rings. The van der Waals surface area contributed by atoms with Gasteiger partial charge in [0.05, 0.1) is 12.4 Å². The zero-order chi connectivity index (χ0) is 15.7. The second-order valence-corrected chi connectivity index (χ2v) is 4.88. The van der Waals surface area contributed by atoms with Crippen LogP contribution in [-0.4, -0.2) is 16.6 Å². The molecule has 0 saturated carbocycles. The smallest absolute Gasteiger partial charge is 0.221 e. The minimum Gasteiger partial charge on any atom is -0.439 e. The van der Waals surface area contributed by atoms with Gasteiger partial charge in [0.15, 0.2) is 0 Å². The van der Waals surface area contributed by atoms with Crippen LogP contribution in [0.4, 0.5) is 5.82 Å². The van der Waals surface area contributed by atoms with Crippen molar-refractivity contribution >= 4 is 5.82 Å². The molecule has 5 heteroatoms. The van der Waals surface area contributed by atoms with E-state index in [1.165, 1.54) is 0 Å². The number of hydrogen-bond acceptors (Lipinski definition) is 5. The Bertz CT molecular complexity index is 719. The maximum absolute atomic E-state index is 5.71. The Balaban J connectivity index is 1.49. The lowest BCUT2D eigenvalue weighted by molar-refractivity contribution is 0.463. The van der Waals surface area contributed by atoms with Crippen LogP contribution in [0.5, 0.6) is 11.6 Å². The second-order valence-electron chi connectivity index (χ2n) is 4.88. The maximum Gasteiger partial charge on any atom is 0.221 e. The summed E-state index contributed by atoms with van der Waals surface area (Å²) in [4.78, 5) is 8.68. The van der Waals surface area contributed by atoms with Crippen LogP contribution in [0, 0.1) is 0 Å². The quantitative estimate of drug-likeness (QED) is 0.517. The van der Waals surface area contributed by atoms with Crippen molar-refractivity contribution in [2.24, 2.45) is 0 Å². The van der Waals surface area contributed by atoms with E-state index in [-0.39, 0.29) is 0 Å². The fraction of sp³-hybridized carbons (Fsp3) is 0.111. The first-order valence-electron chi connectivity index (χ1n) is 7.44. The van der Waals surface area contributed by atoms with Crippen molar-refractivity contribution in [3.8, 4) is 11.6 Å². The van der Waals surface area contributed by atoms with Crippen LogP contribution in [0.15, 0.2) is 72.9 Å². The van der Waals surface area contributed by atoms with Crippen LogP contribution < -0.4 is 15.4 Å². The maximum atomic E-state index is 5.71. The molecule has 1 aromatic carbocycles. The predicted octanol–water partition coefficient (Wildman–Crippen LogP) is 3.43. The minimum atomic E-state index is 0.561. The van der Waals surface area contributed by atoms with Gasteiger partial charge in [-0.2, -0.15) is 4.98 Å². The fourth-order valence-corrected chi connectivity index (χ4v) is 2.03. The van der Waals surface area contributed by atoms with Crippen molar-refractivity contribution in [1.29, 1.82) is 0 Å². The summed E-state index contributed by atoms with van der Waals surface area (Å²) >= 11 is 0. The molecular weight excluding hydrogens is 288 g/mol. The molecule has 0 aliphatic rings. The second kappa shape index (κ2) is 7.91. The molecule has 0 aliphatic carbocycles. The first-order valence-corrected chi connectivity index (χ1v) is 7.44. The summed E-state index contributed by atoms with van der Waals surface area (Å²) in [5.41, 5.74) is 1.00. The summed E-state index contributed by atoms with van der Waals surface area (Å²) in [6, 6.07) is 21.1. The Hall–Kier alpha value is -2.92. The van der Waals surface area contributed by atoms with Crippen LogP contribution in [0.25, 0.3) is 0 Å². The number of nitrogens with one attached hydrogen (secondary N) is 2. The number of aromatic nitrogens is 2. The Morgan fingerprint density at radius 2 is 1.74 bits per heavy atom. The molecule has 0 aliphatic heterocycles. The number of hydrogen-bond donors (Lipinski definition) is 2. The van der Waals surface area contributed by atoms with Gasteiger partial charge in [0.1, 0.15) is 11.6 Å². The minimum absolute atomic E-state index is 0.561. The van der Waals surface area contributed by atoms with Gasteiger partial charge in [0.2, 0.25) is 5.88 Å². The molecule has 2 aromatic heterocycles. The molecule has 0 bridgehead atoms. The lowest BCUT2D eigenvalue weighted by Crippen LogP contribution is -2.22. The number of anilines is 1. The van der Waals surface area contributed by atoms with Gasteiger partial charge >= 0.3 is 0 Å². The molecular formula is C18H18N4O. The molecule has 2 N–H and O–H groups in total. The van der Waals surface area contributed by atoms with E-state index in [2.05, 4.69) is 20.6 Å². The number of nitrogens with zero attached hydrogens (tertiary/aromatic N) is 2. The standard InChI is InChI=1S/C18H18N4O/c1-2-8-16(9-3-1)23-18-11-6-10-17(22-18)21-14-19-13-15-7-4-5-12-20-15/h1-12,19H,13-14H2,(H,21,22). The summed E-state index contributed by atoms with van der Waals surface area (Å²) < 4.78 is 5.71. The lowest BCUT2D eigenvalue weighted by Gasteiger charge is -2.09. The molecule has 0 amide bonds. The monoisotopic (exact) mass is 306 g/mol. The number of para-hydroxylation sites is 1. The molecule has 5 nitrogen and oxygen atoms in total. The van der Waals surface area contributed by atoms with E-state index >= 15 is 0 Å². The first-order chi connectivity index (χ1) is 11.4. The SMILES string of the molecule is c1ccc(Oc2cccc(NCNCc3ccccn3)n2)cc1. The summed E-state index contributed by atoms with van der Waals surface area (Å²) in [7, 11) is 0. The van der Waals surface area contributed by atoms with Crippen LogP contribution in [0.3, 0.4) is 0 Å². The van der Waals surface area contributed by atoms with Gasteiger partial charge in [0.25, 0.3) is 0 Å². The van der Waals surface area contributed by atoms with E-state index in [1.54, 1.807) is 6.20 Å². The van der Waals surface area contributed by atoms with E-state index < -0.39 is 0 Å². The molecule has 0 radical (unpaired) electrons. The molecule has 0 fully saturated rings. The molecule has 23 heavy (non-hydrogen) atoms. The van der Waals surface area contributed by atoms with Gasteiger partial charge in [-0.05, 0) is 30.3 Å². The van der Waals surface area contributed by atoms with Gasteiger partial charge in [-0.1, -0.05) is 30.3 Å². The highest BCUT2D eigenvalue weighted by atomic mass is 16.5. The lowest BCUT2D eigenvalue weighted by atomic mass is 10.3. The third kappa shape index (κ3) is 4.79. The van der Waals surface area contributed by atoms with Crippen LogP contribution >= 0.6 is 0 Å². The molecule has 0 saturated heterocycles. The van der Waals surface area contributed by atoms with Crippen LogP contribution in [0.2, 0.25) is 0 Å². The highest BCUT2D eigenvalue weighted by Gasteiger charge is 2.00. The van der Waals surface area contributed by atoms with Gasteiger partial charge < -0.3 is 10.1 Å². The number of pyridine rings is 2. The number of benzene rings is 1. The highest BCUT2D eigenvalue weighted by molar-refractivity contribution is 5.38. The summed E-state index contributed by atoms with van der Waals surface area (Å²) in [6.45, 7) is 1.30.